The van der Waals surface area contributed by atoms with Crippen LogP contribution >= 0.6 is 11.8 Å². The van der Waals surface area contributed by atoms with Gasteiger partial charge in [0.05, 0.1) is 12.3 Å². The van der Waals surface area contributed by atoms with Crippen LogP contribution in [0, 0.1) is 0 Å². The van der Waals surface area contributed by atoms with Gasteiger partial charge in [-0.3, -0.25) is 4.79 Å². The molecular weight excluding hydrogens is 288 g/mol. The second kappa shape index (κ2) is 6.28. The Labute approximate surface area is 126 Å². The summed E-state index contributed by atoms with van der Waals surface area (Å²) in [6, 6.07) is 8.04. The average molecular weight is 304 g/mol. The van der Waals surface area contributed by atoms with Crippen molar-refractivity contribution in [3.05, 3.63) is 35.7 Å². The molecule has 7 heteroatoms. The lowest BCUT2D eigenvalue weighted by Crippen LogP contribution is -2.36. The van der Waals surface area contributed by atoms with E-state index in [9.17, 15) is 4.79 Å². The Kier molecular flexibility index (Phi) is 4.21. The number of hydrogen-bond donors (Lipinski definition) is 1. The van der Waals surface area contributed by atoms with Crippen LogP contribution in [0.5, 0.6) is 0 Å². The predicted molar refractivity (Wildman–Crippen MR) is 80.0 cm³/mol. The molecule has 1 aliphatic heterocycles. The highest BCUT2D eigenvalue weighted by molar-refractivity contribution is 7.99. The zero-order valence-electron chi connectivity index (χ0n) is 11.5. The number of carbonyl (C=O) groups is 1. The molecule has 2 aromatic rings. The molecule has 2 N–H and O–H groups in total. The van der Waals surface area contributed by atoms with Crippen molar-refractivity contribution in [2.24, 2.45) is 5.73 Å². The van der Waals surface area contributed by atoms with Crippen LogP contribution in [0.3, 0.4) is 0 Å². The maximum atomic E-state index is 12.4. The third kappa shape index (κ3) is 3.08. The molecule has 0 aliphatic carbocycles. The average Bonchev–Trinajstić information content (AvgIpc) is 3.00. The van der Waals surface area contributed by atoms with Gasteiger partial charge in [-0.1, -0.05) is 30.0 Å². The van der Waals surface area contributed by atoms with Gasteiger partial charge in [-0.15, -0.1) is 10.2 Å². The summed E-state index contributed by atoms with van der Waals surface area (Å²) < 4.78 is 5.29. The first kappa shape index (κ1) is 14.1. The molecule has 2 heterocycles. The van der Waals surface area contributed by atoms with Crippen molar-refractivity contribution in [2.75, 3.05) is 17.2 Å². The van der Waals surface area contributed by atoms with Gasteiger partial charge in [0.1, 0.15) is 0 Å². The number of hydrogen-bond acceptors (Lipinski definition) is 6. The molecule has 110 valence electrons. The van der Waals surface area contributed by atoms with Crippen LogP contribution in [0.1, 0.15) is 17.9 Å². The van der Waals surface area contributed by atoms with Crippen LogP contribution in [0.2, 0.25) is 0 Å². The number of para-hydroxylation sites is 1. The summed E-state index contributed by atoms with van der Waals surface area (Å²) in [6.07, 6.45) is 2.02. The number of aromatic nitrogens is 2. The number of amides is 1. The van der Waals surface area contributed by atoms with Gasteiger partial charge in [0, 0.05) is 12.2 Å². The second-order valence-corrected chi connectivity index (χ2v) is 5.66. The van der Waals surface area contributed by atoms with Crippen LogP contribution in [-0.4, -0.2) is 28.4 Å². The number of carbonyl (C=O) groups excluding carboxylic acids is 1. The number of nitrogens with two attached hydrogens (primary N) is 1. The maximum absolute atomic E-state index is 12.4. The monoisotopic (exact) mass is 304 g/mol. The van der Waals surface area contributed by atoms with Gasteiger partial charge in [0.15, 0.2) is 0 Å². The number of fused-ring (bicyclic) bond motifs is 1. The summed E-state index contributed by atoms with van der Waals surface area (Å²) >= 11 is 1.25. The van der Waals surface area contributed by atoms with Gasteiger partial charge >= 0.3 is 0 Å². The number of anilines is 1. The molecule has 0 atom stereocenters. The molecule has 6 nitrogen and oxygen atoms in total. The zero-order chi connectivity index (χ0) is 14.7. The van der Waals surface area contributed by atoms with Crippen molar-refractivity contribution in [1.29, 1.82) is 0 Å². The molecule has 0 fully saturated rings. The topological polar surface area (TPSA) is 85.2 Å². The lowest BCUT2D eigenvalue weighted by molar-refractivity contribution is -0.116. The van der Waals surface area contributed by atoms with Crippen molar-refractivity contribution in [1.82, 2.24) is 10.2 Å². The van der Waals surface area contributed by atoms with Crippen molar-refractivity contribution in [3.8, 4) is 0 Å². The molecule has 1 aromatic carbocycles. The Morgan fingerprint density at radius 1 is 1.38 bits per heavy atom. The molecule has 1 aliphatic rings. The fourth-order valence-electron chi connectivity index (χ4n) is 2.37. The summed E-state index contributed by atoms with van der Waals surface area (Å²) in [5, 5.41) is 8.00. The summed E-state index contributed by atoms with van der Waals surface area (Å²) in [5.41, 5.74) is 7.65. The first-order chi connectivity index (χ1) is 10.3. The third-order valence-electron chi connectivity index (χ3n) is 3.35. The van der Waals surface area contributed by atoms with E-state index in [0.29, 0.717) is 11.1 Å². The molecule has 1 aromatic heterocycles. The molecule has 0 saturated carbocycles. The third-order valence-corrected chi connectivity index (χ3v) is 4.16. The van der Waals surface area contributed by atoms with E-state index in [1.807, 2.05) is 23.1 Å². The minimum atomic E-state index is 0.0552. The standard InChI is InChI=1S/C14H16N4O2S/c15-8-12-16-17-14(20-12)21-9-13(19)18-7-3-5-10-4-1-2-6-11(10)18/h1-2,4,6H,3,5,7-9,15H2. The number of benzene rings is 1. The van der Waals surface area contributed by atoms with Crippen LogP contribution in [0.15, 0.2) is 33.9 Å². The van der Waals surface area contributed by atoms with Crippen molar-refractivity contribution >= 4 is 23.4 Å². The zero-order valence-corrected chi connectivity index (χ0v) is 12.3. The van der Waals surface area contributed by atoms with E-state index in [1.165, 1.54) is 17.3 Å². The Balaban J connectivity index is 1.66. The Morgan fingerprint density at radius 2 is 2.24 bits per heavy atom. The summed E-state index contributed by atoms with van der Waals surface area (Å²) in [5.74, 6) is 0.716. The molecule has 0 spiro atoms. The SMILES string of the molecule is NCc1nnc(SCC(=O)N2CCCc3ccccc32)o1. The first-order valence-electron chi connectivity index (χ1n) is 6.81. The molecule has 1 amide bonds. The highest BCUT2D eigenvalue weighted by Crippen LogP contribution is 2.28. The van der Waals surface area contributed by atoms with Gasteiger partial charge in [-0.2, -0.15) is 0 Å². The Hall–Kier alpha value is -1.86. The van der Waals surface area contributed by atoms with Crippen LogP contribution in [-0.2, 0) is 17.8 Å². The fourth-order valence-corrected chi connectivity index (χ4v) is 3.03. The van der Waals surface area contributed by atoms with Crippen molar-refractivity contribution < 1.29 is 9.21 Å². The lowest BCUT2D eigenvalue weighted by Gasteiger charge is -2.29. The lowest BCUT2D eigenvalue weighted by atomic mass is 10.0. The Bertz CT molecular complexity index is 643. The molecule has 21 heavy (non-hydrogen) atoms. The van der Waals surface area contributed by atoms with Crippen LogP contribution in [0.25, 0.3) is 0 Å². The predicted octanol–water partition coefficient (Wildman–Crippen LogP) is 1.60. The molecule has 0 saturated heterocycles. The van der Waals surface area contributed by atoms with Gasteiger partial charge < -0.3 is 15.1 Å². The molecule has 0 radical (unpaired) electrons. The normalized spacial score (nSPS) is 14.0. The van der Waals surface area contributed by atoms with Gasteiger partial charge in [0.2, 0.25) is 11.8 Å². The number of rotatable bonds is 4. The fraction of sp³-hybridized carbons (Fsp3) is 0.357. The highest BCUT2D eigenvalue weighted by Gasteiger charge is 2.22. The van der Waals surface area contributed by atoms with Crippen LogP contribution < -0.4 is 10.6 Å². The van der Waals surface area contributed by atoms with Gasteiger partial charge in [-0.25, -0.2) is 0 Å². The van der Waals surface area contributed by atoms with E-state index in [2.05, 4.69) is 16.3 Å². The largest absolute Gasteiger partial charge is 0.415 e. The van der Waals surface area contributed by atoms with Crippen molar-refractivity contribution in [3.63, 3.8) is 0 Å². The van der Waals surface area contributed by atoms with Gasteiger partial charge in [-0.05, 0) is 24.5 Å². The molecular formula is C14H16N4O2S. The molecule has 0 bridgehead atoms. The molecule has 0 unspecified atom stereocenters. The second-order valence-electron chi connectivity index (χ2n) is 4.73. The highest BCUT2D eigenvalue weighted by atomic mass is 32.2. The number of thioether (sulfide) groups is 1. The quantitative estimate of drug-likeness (QED) is 0.864. The minimum Gasteiger partial charge on any atom is -0.415 e. The van der Waals surface area contributed by atoms with Gasteiger partial charge in [0.25, 0.3) is 5.22 Å². The van der Waals surface area contributed by atoms with E-state index < -0.39 is 0 Å². The number of aryl methyl sites for hydroxylation is 1. The van der Waals surface area contributed by atoms with Crippen molar-refractivity contribution in [2.45, 2.75) is 24.6 Å². The summed E-state index contributed by atoms with van der Waals surface area (Å²) in [4.78, 5) is 14.2. The van der Waals surface area contributed by atoms with Crippen LogP contribution in [0.4, 0.5) is 5.69 Å². The van der Waals surface area contributed by atoms with E-state index in [-0.39, 0.29) is 18.2 Å². The van der Waals surface area contributed by atoms with E-state index in [0.717, 1.165) is 25.1 Å². The van der Waals surface area contributed by atoms with E-state index in [4.69, 9.17) is 10.2 Å². The molecule has 3 rings (SSSR count). The van der Waals surface area contributed by atoms with E-state index >= 15 is 0 Å². The summed E-state index contributed by atoms with van der Waals surface area (Å²) in [6.45, 7) is 0.968. The Morgan fingerprint density at radius 3 is 3.05 bits per heavy atom. The smallest absolute Gasteiger partial charge is 0.277 e. The maximum Gasteiger partial charge on any atom is 0.277 e. The van der Waals surface area contributed by atoms with E-state index in [1.54, 1.807) is 0 Å². The summed E-state index contributed by atoms with van der Waals surface area (Å²) in [7, 11) is 0. The number of nitrogens with zero attached hydrogens (tertiary/aromatic N) is 3. The minimum absolute atomic E-state index is 0.0552. The first-order valence-corrected chi connectivity index (χ1v) is 7.80.